The van der Waals surface area contributed by atoms with Crippen molar-refractivity contribution in [1.29, 1.82) is 0 Å². The Morgan fingerprint density at radius 2 is 1.73 bits per heavy atom. The summed E-state index contributed by atoms with van der Waals surface area (Å²) in [7, 11) is 0. The van der Waals surface area contributed by atoms with E-state index in [1.165, 1.54) is 12.8 Å². The SMILES string of the molecule is CCCCCCOc1ccc(C(=O)NC(=S)Nc2ccc(OCCC)cc2)cc1Br. The molecule has 0 aromatic heterocycles. The molecule has 0 aliphatic rings. The van der Waals surface area contributed by atoms with E-state index in [1.807, 2.05) is 24.3 Å². The first-order chi connectivity index (χ1) is 14.5. The van der Waals surface area contributed by atoms with Gasteiger partial charge in [-0.05, 0) is 83.5 Å². The van der Waals surface area contributed by atoms with Crippen molar-refractivity contribution in [2.75, 3.05) is 18.5 Å². The first-order valence-corrected chi connectivity index (χ1v) is 11.5. The summed E-state index contributed by atoms with van der Waals surface area (Å²) in [5, 5.41) is 5.93. The number of benzene rings is 2. The van der Waals surface area contributed by atoms with Crippen LogP contribution in [-0.4, -0.2) is 24.2 Å². The molecule has 2 aromatic carbocycles. The number of thiocarbonyl (C=S) groups is 1. The Morgan fingerprint density at radius 3 is 2.40 bits per heavy atom. The molecule has 0 bridgehead atoms. The third-order valence-electron chi connectivity index (χ3n) is 4.26. The molecule has 0 saturated carbocycles. The molecule has 2 N–H and O–H groups in total. The first kappa shape index (κ1) is 24.2. The zero-order valence-corrected chi connectivity index (χ0v) is 19.9. The molecule has 5 nitrogen and oxygen atoms in total. The van der Waals surface area contributed by atoms with Crippen LogP contribution in [0.5, 0.6) is 11.5 Å². The Hall–Kier alpha value is -2.12. The molecule has 2 aromatic rings. The van der Waals surface area contributed by atoms with Crippen LogP contribution in [0.1, 0.15) is 56.3 Å². The lowest BCUT2D eigenvalue weighted by Gasteiger charge is -2.12. The van der Waals surface area contributed by atoms with E-state index in [9.17, 15) is 4.79 Å². The van der Waals surface area contributed by atoms with Crippen molar-refractivity contribution in [2.24, 2.45) is 0 Å². The van der Waals surface area contributed by atoms with E-state index in [-0.39, 0.29) is 11.0 Å². The second kappa shape index (κ2) is 13.2. The monoisotopic (exact) mass is 492 g/mol. The first-order valence-electron chi connectivity index (χ1n) is 10.3. The number of unbranched alkanes of at least 4 members (excludes halogenated alkanes) is 3. The van der Waals surface area contributed by atoms with Crippen LogP contribution in [-0.2, 0) is 0 Å². The molecule has 0 spiro atoms. The molecule has 0 atom stereocenters. The second-order valence-electron chi connectivity index (χ2n) is 6.84. The van der Waals surface area contributed by atoms with Gasteiger partial charge in [-0.1, -0.05) is 33.1 Å². The number of hydrogen-bond donors (Lipinski definition) is 2. The van der Waals surface area contributed by atoms with E-state index >= 15 is 0 Å². The molecule has 30 heavy (non-hydrogen) atoms. The van der Waals surface area contributed by atoms with E-state index < -0.39 is 0 Å². The smallest absolute Gasteiger partial charge is 0.257 e. The van der Waals surface area contributed by atoms with Crippen molar-refractivity contribution in [3.8, 4) is 11.5 Å². The number of rotatable bonds is 11. The zero-order valence-electron chi connectivity index (χ0n) is 17.5. The Bertz CT molecular complexity index is 828. The Kier molecular flexibility index (Phi) is 10.7. The zero-order chi connectivity index (χ0) is 21.8. The van der Waals surface area contributed by atoms with Gasteiger partial charge in [0, 0.05) is 11.3 Å². The van der Waals surface area contributed by atoms with Crippen LogP contribution in [0.15, 0.2) is 46.9 Å². The van der Waals surface area contributed by atoms with E-state index in [2.05, 4.69) is 40.4 Å². The fourth-order valence-corrected chi connectivity index (χ4v) is 3.37. The average molecular weight is 493 g/mol. The number of amides is 1. The average Bonchev–Trinajstić information content (AvgIpc) is 2.74. The molecule has 0 fully saturated rings. The Morgan fingerprint density at radius 1 is 0.967 bits per heavy atom. The minimum Gasteiger partial charge on any atom is -0.494 e. The van der Waals surface area contributed by atoms with E-state index in [4.69, 9.17) is 21.7 Å². The highest BCUT2D eigenvalue weighted by Gasteiger charge is 2.11. The molecular formula is C23H29BrN2O3S. The molecule has 0 radical (unpaired) electrons. The maximum Gasteiger partial charge on any atom is 0.257 e. The summed E-state index contributed by atoms with van der Waals surface area (Å²) in [6.45, 7) is 5.59. The predicted molar refractivity (Wildman–Crippen MR) is 130 cm³/mol. The summed E-state index contributed by atoms with van der Waals surface area (Å²) < 4.78 is 12.1. The van der Waals surface area contributed by atoms with Gasteiger partial charge in [-0.3, -0.25) is 10.1 Å². The van der Waals surface area contributed by atoms with Gasteiger partial charge < -0.3 is 14.8 Å². The van der Waals surface area contributed by atoms with Crippen molar-refractivity contribution >= 4 is 44.9 Å². The number of carbonyl (C=O) groups excluding carboxylic acids is 1. The highest BCUT2D eigenvalue weighted by atomic mass is 79.9. The fourth-order valence-electron chi connectivity index (χ4n) is 2.66. The lowest BCUT2D eigenvalue weighted by atomic mass is 10.2. The van der Waals surface area contributed by atoms with Gasteiger partial charge in [0.1, 0.15) is 11.5 Å². The quantitative estimate of drug-likeness (QED) is 0.283. The maximum atomic E-state index is 12.5. The topological polar surface area (TPSA) is 59.6 Å². The standard InChI is InChI=1S/C23H29BrN2O3S/c1-3-5-6-7-15-29-21-13-8-17(16-20(21)24)22(27)26-23(30)25-18-9-11-19(12-10-18)28-14-4-2/h8-13,16H,3-7,14-15H2,1-2H3,(H2,25,26,27,30). The van der Waals surface area contributed by atoms with Crippen molar-refractivity contribution in [3.63, 3.8) is 0 Å². The third kappa shape index (κ3) is 8.32. The van der Waals surface area contributed by atoms with E-state index in [1.54, 1.807) is 18.2 Å². The van der Waals surface area contributed by atoms with Crippen LogP contribution >= 0.6 is 28.1 Å². The largest absolute Gasteiger partial charge is 0.494 e. The number of carbonyl (C=O) groups is 1. The summed E-state index contributed by atoms with van der Waals surface area (Å²) in [6, 6.07) is 12.7. The van der Waals surface area contributed by atoms with Gasteiger partial charge in [-0.2, -0.15) is 0 Å². The van der Waals surface area contributed by atoms with Gasteiger partial charge in [0.05, 0.1) is 17.7 Å². The number of ether oxygens (including phenoxy) is 2. The molecule has 1 amide bonds. The minimum absolute atomic E-state index is 0.231. The molecule has 0 saturated heterocycles. The lowest BCUT2D eigenvalue weighted by Crippen LogP contribution is -2.34. The predicted octanol–water partition coefficient (Wildman–Crippen LogP) is 6.32. The highest BCUT2D eigenvalue weighted by molar-refractivity contribution is 9.10. The van der Waals surface area contributed by atoms with Crippen molar-refractivity contribution in [1.82, 2.24) is 5.32 Å². The number of anilines is 1. The molecule has 162 valence electrons. The molecule has 7 heteroatoms. The number of nitrogens with one attached hydrogen (secondary N) is 2. The van der Waals surface area contributed by atoms with Crippen LogP contribution in [0.4, 0.5) is 5.69 Å². The third-order valence-corrected chi connectivity index (χ3v) is 5.09. The van der Waals surface area contributed by atoms with E-state index in [0.29, 0.717) is 18.8 Å². The minimum atomic E-state index is -0.286. The van der Waals surface area contributed by atoms with Gasteiger partial charge in [-0.25, -0.2) is 0 Å². The highest BCUT2D eigenvalue weighted by Crippen LogP contribution is 2.26. The van der Waals surface area contributed by atoms with Gasteiger partial charge in [0.2, 0.25) is 0 Å². The summed E-state index contributed by atoms with van der Waals surface area (Å²) >= 11 is 8.73. The lowest BCUT2D eigenvalue weighted by molar-refractivity contribution is 0.0977. The molecule has 0 unspecified atom stereocenters. The summed E-state index contributed by atoms with van der Waals surface area (Å²) in [5.74, 6) is 1.25. The maximum absolute atomic E-state index is 12.5. The van der Waals surface area contributed by atoms with Crippen molar-refractivity contribution in [2.45, 2.75) is 46.0 Å². The van der Waals surface area contributed by atoms with Crippen molar-refractivity contribution < 1.29 is 14.3 Å². The van der Waals surface area contributed by atoms with Gasteiger partial charge in [-0.15, -0.1) is 0 Å². The number of hydrogen-bond acceptors (Lipinski definition) is 4. The second-order valence-corrected chi connectivity index (χ2v) is 8.10. The molecule has 0 aliphatic heterocycles. The van der Waals surface area contributed by atoms with Crippen molar-refractivity contribution in [3.05, 3.63) is 52.5 Å². The Labute approximate surface area is 192 Å². The normalized spacial score (nSPS) is 10.4. The number of halogens is 1. The van der Waals surface area contributed by atoms with Crippen LogP contribution < -0.4 is 20.1 Å². The summed E-state index contributed by atoms with van der Waals surface area (Å²) in [4.78, 5) is 12.5. The molecular weight excluding hydrogens is 464 g/mol. The molecule has 0 aliphatic carbocycles. The van der Waals surface area contributed by atoms with Gasteiger partial charge in [0.15, 0.2) is 5.11 Å². The van der Waals surface area contributed by atoms with Crippen LogP contribution in [0.3, 0.4) is 0 Å². The van der Waals surface area contributed by atoms with Crippen LogP contribution in [0.2, 0.25) is 0 Å². The van der Waals surface area contributed by atoms with Crippen LogP contribution in [0, 0.1) is 0 Å². The van der Waals surface area contributed by atoms with E-state index in [0.717, 1.165) is 40.9 Å². The fraction of sp³-hybridized carbons (Fsp3) is 0.391. The van der Waals surface area contributed by atoms with Gasteiger partial charge in [0.25, 0.3) is 5.91 Å². The van der Waals surface area contributed by atoms with Gasteiger partial charge >= 0.3 is 0 Å². The molecule has 2 rings (SSSR count). The van der Waals surface area contributed by atoms with Crippen LogP contribution in [0.25, 0.3) is 0 Å². The summed E-state index contributed by atoms with van der Waals surface area (Å²) in [5.41, 5.74) is 1.27. The Balaban J connectivity index is 1.84. The summed E-state index contributed by atoms with van der Waals surface area (Å²) in [6.07, 6.45) is 5.55. The molecule has 0 heterocycles.